The Morgan fingerprint density at radius 3 is 1.69 bits per heavy atom. The lowest BCUT2D eigenvalue weighted by atomic mass is 9.86. The predicted molar refractivity (Wildman–Crippen MR) is 117 cm³/mol. The Labute approximate surface area is 171 Å². The van der Waals surface area contributed by atoms with Gasteiger partial charge < -0.3 is 5.32 Å². The van der Waals surface area contributed by atoms with E-state index in [0.717, 1.165) is 29.7 Å². The van der Waals surface area contributed by atoms with Crippen LogP contribution in [0.1, 0.15) is 25.7 Å². The molecule has 4 nitrogen and oxygen atoms in total. The van der Waals surface area contributed by atoms with E-state index in [9.17, 15) is 9.70 Å². The zero-order valence-corrected chi connectivity index (χ0v) is 16.3. The molecule has 0 heterocycles. The minimum Gasteiger partial charge on any atom is -0.326 e. The van der Waals surface area contributed by atoms with Gasteiger partial charge in [-0.3, -0.25) is 4.79 Å². The molecule has 1 aliphatic carbocycles. The van der Waals surface area contributed by atoms with E-state index in [1.807, 2.05) is 42.5 Å². The van der Waals surface area contributed by atoms with Crippen LogP contribution in [0.5, 0.6) is 0 Å². The highest BCUT2D eigenvalue weighted by Crippen LogP contribution is 2.28. The van der Waals surface area contributed by atoms with Crippen LogP contribution < -0.4 is 5.32 Å². The molecule has 1 amide bonds. The average Bonchev–Trinajstić information content (AvgIpc) is 2.80. The van der Waals surface area contributed by atoms with Crippen molar-refractivity contribution >= 4 is 11.6 Å². The molecule has 0 saturated heterocycles. The van der Waals surface area contributed by atoms with Crippen molar-refractivity contribution in [2.24, 2.45) is 11.1 Å². The number of carbonyl (C=O) groups excluding carboxylic acids is 1. The van der Waals surface area contributed by atoms with Crippen LogP contribution in [-0.4, -0.2) is 11.9 Å². The quantitative estimate of drug-likeness (QED) is 0.526. The number of hydrogen-bond donors (Lipinski definition) is 1. The summed E-state index contributed by atoms with van der Waals surface area (Å²) >= 11 is 0. The van der Waals surface area contributed by atoms with E-state index in [-0.39, 0.29) is 17.9 Å². The Bertz CT molecular complexity index is 958. The number of hydrogen-bond acceptors (Lipinski definition) is 3. The summed E-state index contributed by atoms with van der Waals surface area (Å²) in [5.41, 5.74) is 5.45. The third-order valence-electron chi connectivity index (χ3n) is 5.69. The molecule has 0 aromatic heterocycles. The molecule has 3 aromatic rings. The van der Waals surface area contributed by atoms with Gasteiger partial charge in [0.1, 0.15) is 0 Å². The van der Waals surface area contributed by atoms with Gasteiger partial charge in [-0.05, 0) is 60.1 Å². The fourth-order valence-electron chi connectivity index (χ4n) is 3.92. The number of rotatable bonds is 5. The zero-order chi connectivity index (χ0) is 20.1. The van der Waals surface area contributed by atoms with E-state index in [1.54, 1.807) is 0 Å². The van der Waals surface area contributed by atoms with Gasteiger partial charge in [0.05, 0.1) is 6.04 Å². The molecule has 0 radical (unpaired) electrons. The lowest BCUT2D eigenvalue weighted by Crippen LogP contribution is -2.28. The predicted octanol–water partition coefficient (Wildman–Crippen LogP) is 6.28. The maximum absolute atomic E-state index is 12.5. The highest BCUT2D eigenvalue weighted by Gasteiger charge is 2.26. The van der Waals surface area contributed by atoms with E-state index >= 15 is 0 Å². The molecule has 0 unspecified atom stereocenters. The van der Waals surface area contributed by atoms with E-state index in [1.165, 1.54) is 11.1 Å². The van der Waals surface area contributed by atoms with Crippen molar-refractivity contribution in [3.63, 3.8) is 0 Å². The first kappa shape index (κ1) is 19.1. The van der Waals surface area contributed by atoms with Gasteiger partial charge in [-0.2, -0.15) is 4.91 Å². The standard InChI is InChI=1S/C25H24N2O2/c28-25(22-12-16-24(27-29)17-13-22)26-23-14-10-21(11-15-23)20-8-6-19(7-9-20)18-4-2-1-3-5-18/h1-11,14-15,22,24H,12-13,16-17H2,(H,26,28). The third-order valence-corrected chi connectivity index (χ3v) is 5.69. The van der Waals surface area contributed by atoms with E-state index < -0.39 is 0 Å². The lowest BCUT2D eigenvalue weighted by molar-refractivity contribution is -0.120. The molecule has 1 saturated carbocycles. The molecule has 4 heteroatoms. The fourth-order valence-corrected chi connectivity index (χ4v) is 3.92. The first-order valence-electron chi connectivity index (χ1n) is 10.1. The number of nitrogens with zero attached hydrogens (tertiary/aromatic N) is 1. The summed E-state index contributed by atoms with van der Waals surface area (Å²) in [5.74, 6) is 0.00696. The smallest absolute Gasteiger partial charge is 0.227 e. The Kier molecular flexibility index (Phi) is 5.80. The minimum absolute atomic E-state index is 0.0294. The molecule has 0 bridgehead atoms. The monoisotopic (exact) mass is 384 g/mol. The summed E-state index contributed by atoms with van der Waals surface area (Å²) in [6, 6.07) is 26.6. The van der Waals surface area contributed by atoms with Crippen LogP contribution >= 0.6 is 0 Å². The maximum Gasteiger partial charge on any atom is 0.227 e. The van der Waals surface area contributed by atoms with Crippen molar-refractivity contribution < 1.29 is 4.79 Å². The molecule has 146 valence electrons. The summed E-state index contributed by atoms with van der Waals surface area (Å²) in [5, 5.41) is 6.11. The van der Waals surface area contributed by atoms with Crippen LogP contribution in [-0.2, 0) is 4.79 Å². The molecule has 1 fully saturated rings. The number of benzene rings is 3. The van der Waals surface area contributed by atoms with Gasteiger partial charge in [0.15, 0.2) is 0 Å². The molecule has 1 aliphatic rings. The Morgan fingerprint density at radius 2 is 1.17 bits per heavy atom. The number of nitroso groups, excluding NO2 is 1. The summed E-state index contributed by atoms with van der Waals surface area (Å²) in [6.45, 7) is 0. The Balaban J connectivity index is 1.39. The zero-order valence-electron chi connectivity index (χ0n) is 16.3. The molecular weight excluding hydrogens is 360 g/mol. The van der Waals surface area contributed by atoms with Crippen LogP contribution in [0.2, 0.25) is 0 Å². The van der Waals surface area contributed by atoms with Crippen molar-refractivity contribution in [2.45, 2.75) is 31.7 Å². The largest absolute Gasteiger partial charge is 0.326 e. The molecule has 3 aromatic carbocycles. The summed E-state index contributed by atoms with van der Waals surface area (Å²) in [6.07, 6.45) is 2.88. The van der Waals surface area contributed by atoms with Gasteiger partial charge in [0.25, 0.3) is 0 Å². The SMILES string of the molecule is O=NC1CCC(C(=O)Nc2ccc(-c3ccc(-c4ccccc4)cc3)cc2)CC1. The summed E-state index contributed by atoms with van der Waals surface area (Å²) < 4.78 is 0. The van der Waals surface area contributed by atoms with Crippen molar-refractivity contribution in [1.29, 1.82) is 0 Å². The molecule has 1 N–H and O–H groups in total. The van der Waals surface area contributed by atoms with Crippen molar-refractivity contribution in [1.82, 2.24) is 0 Å². The van der Waals surface area contributed by atoms with E-state index in [0.29, 0.717) is 12.8 Å². The van der Waals surface area contributed by atoms with Crippen LogP contribution in [0.3, 0.4) is 0 Å². The van der Waals surface area contributed by atoms with Gasteiger partial charge in [-0.15, -0.1) is 0 Å². The van der Waals surface area contributed by atoms with Crippen molar-refractivity contribution in [2.75, 3.05) is 5.32 Å². The minimum atomic E-state index is -0.119. The normalized spacial score (nSPS) is 18.8. The number of carbonyl (C=O) groups is 1. The second-order valence-electron chi connectivity index (χ2n) is 7.62. The van der Waals surface area contributed by atoms with Crippen LogP contribution in [0.15, 0.2) is 84.0 Å². The Morgan fingerprint density at radius 1 is 0.690 bits per heavy atom. The third kappa shape index (κ3) is 4.60. The average molecular weight is 384 g/mol. The van der Waals surface area contributed by atoms with E-state index in [2.05, 4.69) is 46.9 Å². The molecule has 29 heavy (non-hydrogen) atoms. The highest BCUT2D eigenvalue weighted by molar-refractivity contribution is 5.92. The first-order chi connectivity index (χ1) is 14.2. The fraction of sp³-hybridized carbons (Fsp3) is 0.240. The highest BCUT2D eigenvalue weighted by atomic mass is 16.3. The summed E-state index contributed by atoms with van der Waals surface area (Å²) in [4.78, 5) is 23.1. The molecule has 0 aliphatic heterocycles. The van der Waals surface area contributed by atoms with Crippen molar-refractivity contribution in [3.8, 4) is 22.3 Å². The topological polar surface area (TPSA) is 58.5 Å². The van der Waals surface area contributed by atoms with Crippen LogP contribution in [0.4, 0.5) is 5.69 Å². The molecule has 0 atom stereocenters. The van der Waals surface area contributed by atoms with Gasteiger partial charge in [-0.1, -0.05) is 71.9 Å². The Hall–Kier alpha value is -3.27. The molecular formula is C25H24N2O2. The van der Waals surface area contributed by atoms with Crippen LogP contribution in [0.25, 0.3) is 22.3 Å². The van der Waals surface area contributed by atoms with E-state index in [4.69, 9.17) is 0 Å². The van der Waals surface area contributed by atoms with Gasteiger partial charge in [0.2, 0.25) is 5.91 Å². The molecule has 0 spiro atoms. The van der Waals surface area contributed by atoms with Gasteiger partial charge >= 0.3 is 0 Å². The maximum atomic E-state index is 12.5. The van der Waals surface area contributed by atoms with Crippen LogP contribution in [0, 0.1) is 10.8 Å². The first-order valence-corrected chi connectivity index (χ1v) is 10.1. The van der Waals surface area contributed by atoms with Crippen molar-refractivity contribution in [3.05, 3.63) is 83.8 Å². The second-order valence-corrected chi connectivity index (χ2v) is 7.62. The summed E-state index contributed by atoms with van der Waals surface area (Å²) in [7, 11) is 0. The van der Waals surface area contributed by atoms with Gasteiger partial charge in [0, 0.05) is 11.6 Å². The number of anilines is 1. The number of amides is 1. The number of nitrogens with one attached hydrogen (secondary N) is 1. The molecule has 4 rings (SSSR count). The van der Waals surface area contributed by atoms with Gasteiger partial charge in [-0.25, -0.2) is 0 Å². The second kappa shape index (κ2) is 8.82. The lowest BCUT2D eigenvalue weighted by Gasteiger charge is -2.23.